The number of rotatable bonds is 4. The van der Waals surface area contributed by atoms with E-state index < -0.39 is 0 Å². The van der Waals surface area contributed by atoms with Crippen LogP contribution in [0.4, 0.5) is 0 Å². The summed E-state index contributed by atoms with van der Waals surface area (Å²) in [6.07, 6.45) is 1.49. The van der Waals surface area contributed by atoms with Crippen molar-refractivity contribution in [1.82, 2.24) is 10.7 Å². The summed E-state index contributed by atoms with van der Waals surface area (Å²) in [6, 6.07) is 5.81. The molecule has 1 aromatic rings. The van der Waals surface area contributed by atoms with E-state index in [0.29, 0.717) is 31.7 Å². The molecule has 2 heterocycles. The van der Waals surface area contributed by atoms with E-state index in [4.69, 9.17) is 9.47 Å². The number of hydrogen-bond acceptors (Lipinski definition) is 5. The first kappa shape index (κ1) is 15.3. The number of para-hydroxylation sites is 1. The maximum Gasteiger partial charge on any atom is 0.267 e. The first-order valence-electron chi connectivity index (χ1n) is 7.59. The number of hydrogen-bond donors (Lipinski definition) is 2. The summed E-state index contributed by atoms with van der Waals surface area (Å²) in [5.41, 5.74) is 3.77. The minimum Gasteiger partial charge on any atom is -0.493 e. The number of carbonyl (C=O) groups excluding carboxylic acids is 2. The van der Waals surface area contributed by atoms with Crippen LogP contribution in [0.3, 0.4) is 0 Å². The number of ether oxygens (including phenoxy) is 2. The Balaban J connectivity index is 1.56. The summed E-state index contributed by atoms with van der Waals surface area (Å²) in [5.74, 6) is 1.32. The number of methoxy groups -OCH3 is 1. The summed E-state index contributed by atoms with van der Waals surface area (Å²) in [4.78, 5) is 23.1. The van der Waals surface area contributed by atoms with Crippen molar-refractivity contribution in [2.75, 3.05) is 20.3 Å². The number of nitrogens with zero attached hydrogens (tertiary/aromatic N) is 1. The Morgan fingerprint density at radius 2 is 2.35 bits per heavy atom. The van der Waals surface area contributed by atoms with Crippen molar-refractivity contribution in [3.63, 3.8) is 0 Å². The molecule has 2 aliphatic heterocycles. The number of carbonyl (C=O) groups is 2. The van der Waals surface area contributed by atoms with Crippen LogP contribution in [0.2, 0.25) is 0 Å². The molecule has 0 aliphatic carbocycles. The Hall–Kier alpha value is -2.57. The number of nitrogens with one attached hydrogen (secondary N) is 2. The largest absolute Gasteiger partial charge is 0.493 e. The molecule has 0 radical (unpaired) electrons. The minimum absolute atomic E-state index is 0.159. The second-order valence-electron chi connectivity index (χ2n) is 5.63. The monoisotopic (exact) mass is 317 g/mol. The van der Waals surface area contributed by atoms with Crippen molar-refractivity contribution in [3.05, 3.63) is 23.8 Å². The lowest BCUT2D eigenvalue weighted by Crippen LogP contribution is -2.40. The van der Waals surface area contributed by atoms with Crippen LogP contribution in [0.5, 0.6) is 11.5 Å². The van der Waals surface area contributed by atoms with Gasteiger partial charge in [0.05, 0.1) is 13.7 Å². The minimum atomic E-state index is -0.235. The van der Waals surface area contributed by atoms with Crippen molar-refractivity contribution in [2.45, 2.75) is 19.3 Å². The van der Waals surface area contributed by atoms with Gasteiger partial charge < -0.3 is 14.8 Å². The topological polar surface area (TPSA) is 89.0 Å². The summed E-state index contributed by atoms with van der Waals surface area (Å²) >= 11 is 0. The third-order valence-electron chi connectivity index (χ3n) is 3.97. The van der Waals surface area contributed by atoms with Crippen molar-refractivity contribution in [2.24, 2.45) is 11.0 Å². The zero-order valence-corrected chi connectivity index (χ0v) is 12.9. The first-order valence-corrected chi connectivity index (χ1v) is 7.59. The Morgan fingerprint density at radius 3 is 3.09 bits per heavy atom. The quantitative estimate of drug-likeness (QED) is 0.852. The fraction of sp³-hybridized carbons (Fsp3) is 0.438. The molecule has 2 N–H and O–H groups in total. The van der Waals surface area contributed by atoms with Crippen LogP contribution in [0.15, 0.2) is 23.3 Å². The highest BCUT2D eigenvalue weighted by Crippen LogP contribution is 2.35. The number of benzene rings is 1. The third kappa shape index (κ3) is 3.44. The van der Waals surface area contributed by atoms with Crippen LogP contribution < -0.4 is 20.2 Å². The predicted octanol–water partition coefficient (Wildman–Crippen LogP) is 0.628. The van der Waals surface area contributed by atoms with Crippen molar-refractivity contribution >= 4 is 17.5 Å². The van der Waals surface area contributed by atoms with E-state index in [0.717, 1.165) is 23.5 Å². The number of fused-ring (bicyclic) bond motifs is 1. The van der Waals surface area contributed by atoms with Crippen LogP contribution in [-0.2, 0) is 16.0 Å². The molecule has 1 unspecified atom stereocenters. The molecule has 0 spiro atoms. The number of amides is 2. The van der Waals surface area contributed by atoms with Gasteiger partial charge in [0, 0.05) is 25.3 Å². The van der Waals surface area contributed by atoms with Gasteiger partial charge in [0.25, 0.3) is 5.91 Å². The van der Waals surface area contributed by atoms with Gasteiger partial charge in [-0.2, -0.15) is 5.10 Å². The van der Waals surface area contributed by atoms with E-state index in [1.54, 1.807) is 7.11 Å². The van der Waals surface area contributed by atoms with Crippen LogP contribution in [-0.4, -0.2) is 37.8 Å². The third-order valence-corrected chi connectivity index (χ3v) is 3.97. The lowest BCUT2D eigenvalue weighted by atomic mass is 9.96. The molecule has 0 aromatic heterocycles. The van der Waals surface area contributed by atoms with Crippen molar-refractivity contribution in [3.8, 4) is 11.5 Å². The second-order valence-corrected chi connectivity index (χ2v) is 5.63. The highest BCUT2D eigenvalue weighted by molar-refractivity contribution is 6.39. The van der Waals surface area contributed by atoms with Gasteiger partial charge in [0.15, 0.2) is 11.5 Å². The van der Waals surface area contributed by atoms with Crippen molar-refractivity contribution < 1.29 is 19.1 Å². The highest BCUT2D eigenvalue weighted by atomic mass is 16.5. The molecule has 0 saturated carbocycles. The van der Waals surface area contributed by atoms with Gasteiger partial charge in [-0.25, -0.2) is 5.43 Å². The van der Waals surface area contributed by atoms with Crippen LogP contribution in [0.25, 0.3) is 0 Å². The lowest BCUT2D eigenvalue weighted by Gasteiger charge is -2.26. The van der Waals surface area contributed by atoms with Crippen LogP contribution in [0.1, 0.15) is 18.4 Å². The van der Waals surface area contributed by atoms with Crippen LogP contribution >= 0.6 is 0 Å². The molecule has 1 atom stereocenters. The molecule has 2 amide bonds. The average Bonchev–Trinajstić information content (AvgIpc) is 2.59. The van der Waals surface area contributed by atoms with Gasteiger partial charge in [-0.05, 0) is 18.1 Å². The van der Waals surface area contributed by atoms with E-state index in [9.17, 15) is 9.59 Å². The molecule has 0 fully saturated rings. The molecular weight excluding hydrogens is 298 g/mol. The Kier molecular flexibility index (Phi) is 4.45. The van der Waals surface area contributed by atoms with Gasteiger partial charge in [-0.3, -0.25) is 9.59 Å². The second kappa shape index (κ2) is 6.68. The molecule has 122 valence electrons. The molecule has 0 bridgehead atoms. The summed E-state index contributed by atoms with van der Waals surface area (Å²) in [6.45, 7) is 1.03. The lowest BCUT2D eigenvalue weighted by molar-refractivity contribution is -0.121. The summed E-state index contributed by atoms with van der Waals surface area (Å²) in [5, 5.41) is 6.65. The van der Waals surface area contributed by atoms with E-state index in [-0.39, 0.29) is 17.7 Å². The first-order chi connectivity index (χ1) is 11.2. The van der Waals surface area contributed by atoms with Gasteiger partial charge in [-0.1, -0.05) is 12.1 Å². The Bertz CT molecular complexity index is 657. The highest BCUT2D eigenvalue weighted by Gasteiger charge is 2.24. The summed E-state index contributed by atoms with van der Waals surface area (Å²) in [7, 11) is 1.62. The summed E-state index contributed by atoms with van der Waals surface area (Å²) < 4.78 is 11.1. The zero-order valence-electron chi connectivity index (χ0n) is 12.9. The Labute approximate surface area is 134 Å². The zero-order chi connectivity index (χ0) is 16.2. The smallest absolute Gasteiger partial charge is 0.267 e. The number of hydrazone groups is 1. The average molecular weight is 317 g/mol. The normalized spacial score (nSPS) is 19.8. The van der Waals surface area contributed by atoms with E-state index in [1.807, 2.05) is 18.2 Å². The molecular formula is C16H19N3O4. The standard InChI is InChI=1S/C16H19N3O4/c1-22-13-4-2-3-11-7-10(9-23-15(11)13)8-17-16(21)12-5-6-14(20)19-18-12/h2-4,10H,5-9H2,1H3,(H,17,21)(H,19,20). The maximum atomic E-state index is 12.0. The molecule has 7 heteroatoms. The van der Waals surface area contributed by atoms with Crippen LogP contribution in [0, 0.1) is 5.92 Å². The molecule has 2 aliphatic rings. The van der Waals surface area contributed by atoms with E-state index in [1.165, 1.54) is 0 Å². The van der Waals surface area contributed by atoms with Gasteiger partial charge in [0.2, 0.25) is 5.91 Å². The predicted molar refractivity (Wildman–Crippen MR) is 83.5 cm³/mol. The van der Waals surface area contributed by atoms with Gasteiger partial charge in [0.1, 0.15) is 5.71 Å². The molecule has 3 rings (SSSR count). The molecule has 7 nitrogen and oxygen atoms in total. The fourth-order valence-corrected chi connectivity index (χ4v) is 2.73. The fourth-order valence-electron chi connectivity index (χ4n) is 2.73. The van der Waals surface area contributed by atoms with E-state index in [2.05, 4.69) is 15.8 Å². The molecule has 0 saturated heterocycles. The Morgan fingerprint density at radius 1 is 1.48 bits per heavy atom. The van der Waals surface area contributed by atoms with Gasteiger partial charge in [-0.15, -0.1) is 0 Å². The van der Waals surface area contributed by atoms with Crippen molar-refractivity contribution in [1.29, 1.82) is 0 Å². The van der Waals surface area contributed by atoms with E-state index >= 15 is 0 Å². The maximum absolute atomic E-state index is 12.0. The molecule has 1 aromatic carbocycles. The van der Waals surface area contributed by atoms with Gasteiger partial charge >= 0.3 is 0 Å². The molecule has 23 heavy (non-hydrogen) atoms. The SMILES string of the molecule is COc1cccc2c1OCC(CNC(=O)C1=NNC(=O)CC1)C2.